The third-order valence-electron chi connectivity index (χ3n) is 7.07. The van der Waals surface area contributed by atoms with Crippen LogP contribution in [0.5, 0.6) is 0 Å². The molecule has 3 aromatic carbocycles. The molecule has 2 unspecified atom stereocenters. The highest BCUT2D eigenvalue weighted by Crippen LogP contribution is 2.35. The van der Waals surface area contributed by atoms with Gasteiger partial charge in [0.25, 0.3) is 5.56 Å². The second-order valence-corrected chi connectivity index (χ2v) is 11.7. The van der Waals surface area contributed by atoms with Crippen LogP contribution in [0.4, 0.5) is 0 Å². The van der Waals surface area contributed by atoms with Gasteiger partial charge in [-0.05, 0) is 67.6 Å². The molecule has 1 aromatic heterocycles. The third kappa shape index (κ3) is 5.60. The zero-order valence-corrected chi connectivity index (χ0v) is 22.9. The average molecular weight is 536 g/mol. The van der Waals surface area contributed by atoms with Crippen molar-refractivity contribution in [1.29, 1.82) is 0 Å². The normalized spacial score (nSPS) is 19.8. The number of benzene rings is 3. The van der Waals surface area contributed by atoms with E-state index in [2.05, 4.69) is 37.5 Å². The molecule has 0 saturated carbocycles. The van der Waals surface area contributed by atoms with Crippen molar-refractivity contribution < 1.29 is 0 Å². The number of nitrogens with one attached hydrogen (secondary N) is 2. The summed E-state index contributed by atoms with van der Waals surface area (Å²) in [5, 5.41) is 9.44. The standard InChI is InChI=1S/C30H32Cl2N4O/c1-20(17-30(33-19-29(2,3)35-30)22-10-7-11-23(31)15-22)14-27-34-26-16-24(32)12-13-25(26)28(37)36(27)18-21-8-5-4-6-9-21/h4-13,15-16,20,33,35H,14,17-19H2,1-3H3. The Kier molecular flexibility index (Phi) is 7.16. The largest absolute Gasteiger partial charge is 0.294 e. The molecule has 1 aliphatic heterocycles. The molecule has 2 atom stereocenters. The lowest BCUT2D eigenvalue weighted by Crippen LogP contribution is -2.50. The molecule has 0 amide bonds. The smallest absolute Gasteiger partial charge is 0.261 e. The summed E-state index contributed by atoms with van der Waals surface area (Å²) in [5.41, 5.74) is 2.25. The lowest BCUT2D eigenvalue weighted by atomic mass is 9.87. The molecular formula is C30H32Cl2N4O. The van der Waals surface area contributed by atoms with Gasteiger partial charge in [0.2, 0.25) is 0 Å². The highest BCUT2D eigenvalue weighted by atomic mass is 35.5. The monoisotopic (exact) mass is 534 g/mol. The molecule has 0 spiro atoms. The summed E-state index contributed by atoms with van der Waals surface area (Å²) in [4.78, 5) is 18.6. The number of aromatic nitrogens is 2. The van der Waals surface area contributed by atoms with Gasteiger partial charge in [-0.1, -0.05) is 72.6 Å². The fraction of sp³-hybridized carbons (Fsp3) is 0.333. The Bertz CT molecular complexity index is 1480. The highest BCUT2D eigenvalue weighted by Gasteiger charge is 2.44. The number of fused-ring (bicyclic) bond motifs is 1. The maximum absolute atomic E-state index is 13.6. The first kappa shape index (κ1) is 25.9. The second kappa shape index (κ2) is 10.2. The summed E-state index contributed by atoms with van der Waals surface area (Å²) in [6, 6.07) is 23.3. The van der Waals surface area contributed by atoms with E-state index in [-0.39, 0.29) is 17.0 Å². The van der Waals surface area contributed by atoms with Crippen LogP contribution in [0.1, 0.15) is 44.1 Å². The van der Waals surface area contributed by atoms with Crippen LogP contribution in [0.25, 0.3) is 10.9 Å². The van der Waals surface area contributed by atoms with Gasteiger partial charge >= 0.3 is 0 Å². The van der Waals surface area contributed by atoms with Crippen molar-refractivity contribution in [2.75, 3.05) is 6.54 Å². The van der Waals surface area contributed by atoms with Gasteiger partial charge < -0.3 is 0 Å². The predicted molar refractivity (Wildman–Crippen MR) is 152 cm³/mol. The number of halogens is 2. The van der Waals surface area contributed by atoms with Crippen LogP contribution < -0.4 is 16.2 Å². The molecule has 0 aliphatic carbocycles. The molecular weight excluding hydrogens is 503 g/mol. The zero-order valence-electron chi connectivity index (χ0n) is 21.4. The van der Waals surface area contributed by atoms with Crippen LogP contribution in [0.15, 0.2) is 77.6 Å². The van der Waals surface area contributed by atoms with Gasteiger partial charge in [-0.25, -0.2) is 4.98 Å². The van der Waals surface area contributed by atoms with E-state index in [1.54, 1.807) is 18.2 Å². The van der Waals surface area contributed by atoms with E-state index in [1.807, 2.05) is 53.1 Å². The van der Waals surface area contributed by atoms with E-state index >= 15 is 0 Å². The van der Waals surface area contributed by atoms with E-state index in [9.17, 15) is 4.79 Å². The van der Waals surface area contributed by atoms with Gasteiger partial charge in [-0.3, -0.25) is 20.0 Å². The summed E-state index contributed by atoms with van der Waals surface area (Å²) in [7, 11) is 0. The maximum Gasteiger partial charge on any atom is 0.261 e. The fourth-order valence-electron chi connectivity index (χ4n) is 5.44. The number of hydrogen-bond donors (Lipinski definition) is 2. The van der Waals surface area contributed by atoms with Crippen LogP contribution in [0.2, 0.25) is 10.0 Å². The summed E-state index contributed by atoms with van der Waals surface area (Å²) in [6.45, 7) is 7.91. The zero-order chi connectivity index (χ0) is 26.2. The van der Waals surface area contributed by atoms with Crippen molar-refractivity contribution in [3.8, 4) is 0 Å². The van der Waals surface area contributed by atoms with Crippen molar-refractivity contribution >= 4 is 34.1 Å². The summed E-state index contributed by atoms with van der Waals surface area (Å²) in [6.07, 6.45) is 1.43. The predicted octanol–water partition coefficient (Wildman–Crippen LogP) is 6.14. The minimum atomic E-state index is -0.432. The van der Waals surface area contributed by atoms with E-state index in [1.165, 1.54) is 0 Å². The van der Waals surface area contributed by atoms with E-state index < -0.39 is 5.66 Å². The molecule has 1 fully saturated rings. The van der Waals surface area contributed by atoms with E-state index in [0.717, 1.165) is 29.9 Å². The molecule has 5 rings (SSSR count). The molecule has 0 radical (unpaired) electrons. The van der Waals surface area contributed by atoms with Crippen molar-refractivity contribution in [3.05, 3.63) is 110 Å². The van der Waals surface area contributed by atoms with Crippen molar-refractivity contribution in [1.82, 2.24) is 20.2 Å². The van der Waals surface area contributed by atoms with E-state index in [4.69, 9.17) is 28.2 Å². The van der Waals surface area contributed by atoms with Crippen LogP contribution >= 0.6 is 23.2 Å². The van der Waals surface area contributed by atoms with Crippen molar-refractivity contribution in [3.63, 3.8) is 0 Å². The molecule has 1 aliphatic rings. The summed E-state index contributed by atoms with van der Waals surface area (Å²) >= 11 is 12.7. The molecule has 192 valence electrons. The lowest BCUT2D eigenvalue weighted by molar-refractivity contribution is 0.241. The molecule has 5 nitrogen and oxygen atoms in total. The summed E-state index contributed by atoms with van der Waals surface area (Å²) < 4.78 is 1.81. The lowest BCUT2D eigenvalue weighted by Gasteiger charge is -2.35. The first-order valence-corrected chi connectivity index (χ1v) is 13.4. The molecule has 7 heteroatoms. The Hall–Kier alpha value is -2.70. The Balaban J connectivity index is 1.52. The Morgan fingerprint density at radius 3 is 2.46 bits per heavy atom. The van der Waals surface area contributed by atoms with Crippen molar-refractivity contribution in [2.24, 2.45) is 5.92 Å². The second-order valence-electron chi connectivity index (χ2n) is 10.9. The van der Waals surface area contributed by atoms with Gasteiger partial charge in [0, 0.05) is 28.5 Å². The SMILES string of the molecule is CC(Cc1nc2cc(Cl)ccc2c(=O)n1Cc1ccccc1)CC1(c2cccc(Cl)c2)NCC(C)(C)N1. The molecule has 0 bridgehead atoms. The van der Waals surface area contributed by atoms with E-state index in [0.29, 0.717) is 33.9 Å². The topological polar surface area (TPSA) is 59.0 Å². The van der Waals surface area contributed by atoms with Crippen molar-refractivity contribution in [2.45, 2.75) is 51.4 Å². The molecule has 2 heterocycles. The van der Waals surface area contributed by atoms with Crippen LogP contribution in [-0.2, 0) is 18.6 Å². The average Bonchev–Trinajstić information content (AvgIpc) is 3.17. The molecule has 2 N–H and O–H groups in total. The molecule has 4 aromatic rings. The summed E-state index contributed by atoms with van der Waals surface area (Å²) in [5.74, 6) is 0.952. The first-order chi connectivity index (χ1) is 17.6. The van der Waals surface area contributed by atoms with Gasteiger partial charge in [-0.2, -0.15) is 0 Å². The van der Waals surface area contributed by atoms with Gasteiger partial charge in [0.1, 0.15) is 5.82 Å². The minimum absolute atomic E-state index is 0.0458. The van der Waals surface area contributed by atoms with Gasteiger partial charge in [-0.15, -0.1) is 0 Å². The van der Waals surface area contributed by atoms with Gasteiger partial charge in [0.05, 0.1) is 23.1 Å². The van der Waals surface area contributed by atoms with Crippen LogP contribution in [0, 0.1) is 5.92 Å². The quantitative estimate of drug-likeness (QED) is 0.298. The number of nitrogens with zero attached hydrogens (tertiary/aromatic N) is 2. The maximum atomic E-state index is 13.6. The Labute approximate surface area is 227 Å². The molecule has 37 heavy (non-hydrogen) atoms. The Morgan fingerprint density at radius 2 is 1.76 bits per heavy atom. The van der Waals surface area contributed by atoms with Crippen LogP contribution in [-0.4, -0.2) is 21.6 Å². The Morgan fingerprint density at radius 1 is 1.00 bits per heavy atom. The minimum Gasteiger partial charge on any atom is -0.294 e. The van der Waals surface area contributed by atoms with Crippen LogP contribution in [0.3, 0.4) is 0 Å². The van der Waals surface area contributed by atoms with Gasteiger partial charge in [0.15, 0.2) is 0 Å². The number of rotatable bonds is 7. The third-order valence-corrected chi connectivity index (χ3v) is 7.54. The highest BCUT2D eigenvalue weighted by molar-refractivity contribution is 6.31. The fourth-order valence-corrected chi connectivity index (χ4v) is 5.80. The molecule has 1 saturated heterocycles. The first-order valence-electron chi connectivity index (χ1n) is 12.7. The number of hydrogen-bond acceptors (Lipinski definition) is 4.